The van der Waals surface area contributed by atoms with Gasteiger partial charge in [0.15, 0.2) is 0 Å². The van der Waals surface area contributed by atoms with Gasteiger partial charge in [0.05, 0.1) is 5.69 Å². The summed E-state index contributed by atoms with van der Waals surface area (Å²) in [5.41, 5.74) is 2.47. The van der Waals surface area contributed by atoms with E-state index in [1.54, 1.807) is 11.3 Å². The van der Waals surface area contributed by atoms with Crippen molar-refractivity contribution < 1.29 is 0 Å². The number of hydrogen-bond donors (Lipinski definition) is 0. The maximum Gasteiger partial charge on any atom is 0.205 e. The van der Waals surface area contributed by atoms with Crippen LogP contribution in [0.3, 0.4) is 0 Å². The van der Waals surface area contributed by atoms with Crippen molar-refractivity contribution in [2.45, 2.75) is 40.0 Å². The lowest BCUT2D eigenvalue weighted by molar-refractivity contribution is 0.644. The molecule has 1 aromatic heterocycles. The lowest BCUT2D eigenvalue weighted by Crippen LogP contribution is -2.14. The average Bonchev–Trinajstić information content (AvgIpc) is 2.90. The fourth-order valence-corrected chi connectivity index (χ4v) is 3.05. The van der Waals surface area contributed by atoms with Crippen molar-refractivity contribution in [3.05, 3.63) is 51.8 Å². The van der Waals surface area contributed by atoms with E-state index in [4.69, 9.17) is 4.99 Å². The molecule has 0 aliphatic rings. The maximum absolute atomic E-state index is 4.72. The molecule has 2 rings (SSSR count). The monoisotopic (exact) mass is 315 g/mol. The molecule has 22 heavy (non-hydrogen) atoms. The highest BCUT2D eigenvalue weighted by molar-refractivity contribution is 7.07. The van der Waals surface area contributed by atoms with Crippen LogP contribution in [0, 0.1) is 12.8 Å². The summed E-state index contributed by atoms with van der Waals surface area (Å²) in [4.78, 5) is 5.70. The van der Waals surface area contributed by atoms with Gasteiger partial charge in [0, 0.05) is 18.1 Å². The fraction of sp³-hybridized carbons (Fsp3) is 0.444. The van der Waals surface area contributed by atoms with E-state index in [0.29, 0.717) is 5.92 Å². The summed E-state index contributed by atoms with van der Waals surface area (Å²) >= 11 is 1.66. The second-order valence-electron chi connectivity index (χ2n) is 5.43. The standard InChI is InChI=1S/C18H25N3S/c1-4-16(5-2)13-20-21-15(3)14-22-18(21)19-12-11-17-9-7-6-8-10-17/h6-10,13-14,16H,4-5,11-12H2,1-3H3. The summed E-state index contributed by atoms with van der Waals surface area (Å²) < 4.78 is 1.97. The molecule has 0 aliphatic heterocycles. The smallest absolute Gasteiger partial charge is 0.205 e. The highest BCUT2D eigenvalue weighted by atomic mass is 32.1. The Hall–Kier alpha value is -1.68. The van der Waals surface area contributed by atoms with Crippen molar-refractivity contribution in [1.29, 1.82) is 0 Å². The SMILES string of the molecule is CCC(C=Nn1c(C)csc1=NCCc1ccccc1)CC. The third-order valence-corrected chi connectivity index (χ3v) is 4.75. The first kappa shape index (κ1) is 16.7. The minimum atomic E-state index is 0.545. The molecule has 0 spiro atoms. The van der Waals surface area contributed by atoms with Crippen LogP contribution in [0.5, 0.6) is 0 Å². The largest absolute Gasteiger partial charge is 0.257 e. The van der Waals surface area contributed by atoms with E-state index in [1.807, 2.05) is 10.7 Å². The van der Waals surface area contributed by atoms with Gasteiger partial charge < -0.3 is 0 Å². The summed E-state index contributed by atoms with van der Waals surface area (Å²) in [6.07, 6.45) is 5.29. The summed E-state index contributed by atoms with van der Waals surface area (Å²) in [7, 11) is 0. The van der Waals surface area contributed by atoms with E-state index in [2.05, 4.69) is 61.7 Å². The van der Waals surface area contributed by atoms with Crippen LogP contribution in [0.25, 0.3) is 0 Å². The first-order valence-corrected chi connectivity index (χ1v) is 8.88. The van der Waals surface area contributed by atoms with E-state index in [9.17, 15) is 0 Å². The number of hydrogen-bond acceptors (Lipinski definition) is 3. The molecule has 0 amide bonds. The first-order chi connectivity index (χ1) is 10.7. The molecule has 1 aromatic carbocycles. The Morgan fingerprint density at radius 3 is 2.59 bits per heavy atom. The molecule has 3 nitrogen and oxygen atoms in total. The zero-order chi connectivity index (χ0) is 15.8. The first-order valence-electron chi connectivity index (χ1n) is 8.00. The van der Waals surface area contributed by atoms with Crippen molar-refractivity contribution in [2.24, 2.45) is 16.0 Å². The molecule has 1 heterocycles. The van der Waals surface area contributed by atoms with Gasteiger partial charge in [0.2, 0.25) is 4.80 Å². The van der Waals surface area contributed by atoms with Crippen molar-refractivity contribution in [2.75, 3.05) is 6.54 Å². The van der Waals surface area contributed by atoms with E-state index >= 15 is 0 Å². The average molecular weight is 315 g/mol. The molecular formula is C18H25N3S. The van der Waals surface area contributed by atoms with Crippen LogP contribution < -0.4 is 4.80 Å². The number of benzene rings is 1. The predicted octanol–water partition coefficient (Wildman–Crippen LogP) is 4.27. The normalized spacial score (nSPS) is 12.6. The van der Waals surface area contributed by atoms with Crippen molar-refractivity contribution in [3.8, 4) is 0 Å². The Morgan fingerprint density at radius 2 is 1.91 bits per heavy atom. The van der Waals surface area contributed by atoms with Crippen LogP contribution in [-0.4, -0.2) is 17.4 Å². The van der Waals surface area contributed by atoms with Crippen LogP contribution in [0.4, 0.5) is 0 Å². The van der Waals surface area contributed by atoms with Gasteiger partial charge in [0.25, 0.3) is 0 Å². The van der Waals surface area contributed by atoms with Gasteiger partial charge in [-0.25, -0.2) is 4.68 Å². The summed E-state index contributed by atoms with van der Waals surface area (Å²) in [6, 6.07) is 10.5. The molecule has 0 unspecified atom stereocenters. The summed E-state index contributed by atoms with van der Waals surface area (Å²) in [6.45, 7) is 7.29. The van der Waals surface area contributed by atoms with Gasteiger partial charge in [0.1, 0.15) is 0 Å². The third kappa shape index (κ3) is 4.67. The van der Waals surface area contributed by atoms with Crippen molar-refractivity contribution in [3.63, 3.8) is 0 Å². The van der Waals surface area contributed by atoms with Crippen LogP contribution >= 0.6 is 11.3 Å². The molecular weight excluding hydrogens is 290 g/mol. The summed E-state index contributed by atoms with van der Waals surface area (Å²) in [5, 5.41) is 6.76. The molecule has 0 fully saturated rings. The van der Waals surface area contributed by atoms with E-state index in [0.717, 1.165) is 36.3 Å². The molecule has 0 atom stereocenters. The Morgan fingerprint density at radius 1 is 1.18 bits per heavy atom. The highest BCUT2D eigenvalue weighted by Gasteiger charge is 2.02. The third-order valence-electron chi connectivity index (χ3n) is 3.78. The summed E-state index contributed by atoms with van der Waals surface area (Å²) in [5.74, 6) is 0.545. The molecule has 0 N–H and O–H groups in total. The zero-order valence-electron chi connectivity index (χ0n) is 13.7. The molecule has 0 radical (unpaired) electrons. The van der Waals surface area contributed by atoms with Gasteiger partial charge >= 0.3 is 0 Å². The Labute approximate surface area is 137 Å². The Kier molecular flexibility index (Phi) is 6.59. The molecule has 0 aliphatic carbocycles. The minimum Gasteiger partial charge on any atom is -0.257 e. The van der Waals surface area contributed by atoms with Crippen LogP contribution in [0.2, 0.25) is 0 Å². The predicted molar refractivity (Wildman–Crippen MR) is 95.6 cm³/mol. The zero-order valence-corrected chi connectivity index (χ0v) is 14.5. The van der Waals surface area contributed by atoms with Gasteiger partial charge in [-0.05, 0) is 37.7 Å². The van der Waals surface area contributed by atoms with E-state index < -0.39 is 0 Å². The topological polar surface area (TPSA) is 29.6 Å². The van der Waals surface area contributed by atoms with Crippen molar-refractivity contribution >= 4 is 17.6 Å². The lowest BCUT2D eigenvalue weighted by Gasteiger charge is -2.05. The molecule has 4 heteroatoms. The number of aromatic nitrogens is 1. The van der Waals surface area contributed by atoms with Gasteiger partial charge in [-0.3, -0.25) is 4.99 Å². The number of rotatable bonds is 7. The molecule has 0 bridgehead atoms. The number of nitrogens with zero attached hydrogens (tertiary/aromatic N) is 3. The minimum absolute atomic E-state index is 0.545. The second-order valence-corrected chi connectivity index (χ2v) is 6.27. The van der Waals surface area contributed by atoms with Crippen LogP contribution in [0.1, 0.15) is 37.9 Å². The molecule has 0 saturated heterocycles. The molecule has 0 saturated carbocycles. The van der Waals surface area contributed by atoms with Gasteiger partial charge in [-0.15, -0.1) is 11.3 Å². The lowest BCUT2D eigenvalue weighted by atomic mass is 10.1. The van der Waals surface area contributed by atoms with Crippen LogP contribution in [0.15, 0.2) is 45.8 Å². The fourth-order valence-electron chi connectivity index (χ4n) is 2.22. The maximum atomic E-state index is 4.72. The highest BCUT2D eigenvalue weighted by Crippen LogP contribution is 2.05. The second kappa shape index (κ2) is 8.69. The number of thiazole rings is 1. The Balaban J connectivity index is 2.09. The van der Waals surface area contributed by atoms with E-state index in [-0.39, 0.29) is 0 Å². The quantitative estimate of drug-likeness (QED) is 0.683. The molecule has 2 aromatic rings. The van der Waals surface area contributed by atoms with Crippen LogP contribution in [-0.2, 0) is 6.42 Å². The van der Waals surface area contributed by atoms with Gasteiger partial charge in [-0.1, -0.05) is 44.2 Å². The van der Waals surface area contributed by atoms with E-state index in [1.165, 1.54) is 5.56 Å². The van der Waals surface area contributed by atoms with Crippen molar-refractivity contribution in [1.82, 2.24) is 4.68 Å². The number of aryl methyl sites for hydroxylation is 1. The molecule has 118 valence electrons. The van der Waals surface area contributed by atoms with Gasteiger partial charge in [-0.2, -0.15) is 5.10 Å². The Bertz CT molecular complexity index is 648.